The zero-order chi connectivity index (χ0) is 19.4. The number of thioether (sulfide) groups is 1. The lowest BCUT2D eigenvalue weighted by Gasteiger charge is -2.09. The van der Waals surface area contributed by atoms with E-state index in [4.69, 9.17) is 0 Å². The minimum absolute atomic E-state index is 0.126. The van der Waals surface area contributed by atoms with Crippen LogP contribution in [-0.2, 0) is 11.3 Å². The van der Waals surface area contributed by atoms with Crippen LogP contribution in [-0.4, -0.2) is 26.4 Å². The fourth-order valence-electron chi connectivity index (χ4n) is 2.53. The highest BCUT2D eigenvalue weighted by Gasteiger charge is 2.15. The fraction of sp³-hybridized carbons (Fsp3) is 0.211. The molecule has 3 rings (SSSR count). The molecule has 0 aliphatic heterocycles. The molecule has 3 aromatic rings. The summed E-state index contributed by atoms with van der Waals surface area (Å²) >= 11 is 4.77. The SMILES string of the molecule is CCn1c(SCC(=O)Nc2ccc(C)cc2Br)nnc1-c1ccc(F)cc1. The van der Waals surface area contributed by atoms with E-state index in [-0.39, 0.29) is 17.5 Å². The van der Waals surface area contributed by atoms with Crippen molar-refractivity contribution in [2.75, 3.05) is 11.1 Å². The number of carbonyl (C=O) groups is 1. The maximum absolute atomic E-state index is 13.1. The molecule has 1 aromatic heterocycles. The summed E-state index contributed by atoms with van der Waals surface area (Å²) in [6.07, 6.45) is 0. The number of aryl methyl sites for hydroxylation is 1. The molecule has 0 fully saturated rings. The Hall–Kier alpha value is -2.19. The van der Waals surface area contributed by atoms with Crippen LogP contribution in [0.25, 0.3) is 11.4 Å². The Kier molecular flexibility index (Phi) is 6.28. The molecule has 0 aliphatic carbocycles. The number of rotatable bonds is 6. The third-order valence-corrected chi connectivity index (χ3v) is 5.49. The quantitative estimate of drug-likeness (QED) is 0.544. The van der Waals surface area contributed by atoms with E-state index in [1.807, 2.05) is 36.6 Å². The van der Waals surface area contributed by atoms with Crippen LogP contribution < -0.4 is 5.32 Å². The molecule has 5 nitrogen and oxygen atoms in total. The largest absolute Gasteiger partial charge is 0.324 e. The van der Waals surface area contributed by atoms with Gasteiger partial charge in [0.25, 0.3) is 0 Å². The molecule has 1 N–H and O–H groups in total. The number of nitrogens with zero attached hydrogens (tertiary/aromatic N) is 3. The second-order valence-electron chi connectivity index (χ2n) is 5.88. The van der Waals surface area contributed by atoms with Crippen molar-refractivity contribution in [2.45, 2.75) is 25.5 Å². The van der Waals surface area contributed by atoms with Crippen LogP contribution in [0.3, 0.4) is 0 Å². The summed E-state index contributed by atoms with van der Waals surface area (Å²) in [4.78, 5) is 12.3. The van der Waals surface area contributed by atoms with Gasteiger partial charge in [0, 0.05) is 16.6 Å². The van der Waals surface area contributed by atoms with E-state index in [0.29, 0.717) is 17.5 Å². The Bertz CT molecular complexity index is 959. The molecular weight excluding hydrogens is 431 g/mol. The van der Waals surface area contributed by atoms with E-state index in [1.54, 1.807) is 12.1 Å². The first-order valence-electron chi connectivity index (χ1n) is 8.36. The van der Waals surface area contributed by atoms with E-state index in [9.17, 15) is 9.18 Å². The predicted molar refractivity (Wildman–Crippen MR) is 109 cm³/mol. The molecule has 27 heavy (non-hydrogen) atoms. The first-order chi connectivity index (χ1) is 13.0. The van der Waals surface area contributed by atoms with Crippen LogP contribution in [0.4, 0.5) is 10.1 Å². The van der Waals surface area contributed by atoms with Crippen molar-refractivity contribution in [3.63, 3.8) is 0 Å². The number of hydrogen-bond acceptors (Lipinski definition) is 4. The average molecular weight is 449 g/mol. The predicted octanol–water partition coefficient (Wildman–Crippen LogP) is 4.91. The Morgan fingerprint density at radius 1 is 1.22 bits per heavy atom. The third-order valence-electron chi connectivity index (χ3n) is 3.87. The van der Waals surface area contributed by atoms with E-state index >= 15 is 0 Å². The molecular formula is C19H18BrFN4OS. The number of anilines is 1. The van der Waals surface area contributed by atoms with Gasteiger partial charge in [0.1, 0.15) is 5.82 Å². The van der Waals surface area contributed by atoms with Crippen molar-refractivity contribution < 1.29 is 9.18 Å². The zero-order valence-corrected chi connectivity index (χ0v) is 17.3. The van der Waals surface area contributed by atoms with Crippen molar-refractivity contribution in [2.24, 2.45) is 0 Å². The molecule has 0 atom stereocenters. The van der Waals surface area contributed by atoms with Gasteiger partial charge in [0.05, 0.1) is 11.4 Å². The molecule has 2 aromatic carbocycles. The number of benzene rings is 2. The van der Waals surface area contributed by atoms with E-state index in [1.165, 1.54) is 23.9 Å². The highest BCUT2D eigenvalue weighted by atomic mass is 79.9. The van der Waals surface area contributed by atoms with Crippen molar-refractivity contribution in [1.29, 1.82) is 0 Å². The molecule has 0 radical (unpaired) electrons. The molecule has 0 spiro atoms. The first-order valence-corrected chi connectivity index (χ1v) is 10.1. The summed E-state index contributed by atoms with van der Waals surface area (Å²) in [7, 11) is 0. The van der Waals surface area contributed by atoms with E-state index in [0.717, 1.165) is 21.3 Å². The van der Waals surface area contributed by atoms with Gasteiger partial charge in [-0.25, -0.2) is 4.39 Å². The van der Waals surface area contributed by atoms with Gasteiger partial charge in [0.15, 0.2) is 11.0 Å². The summed E-state index contributed by atoms with van der Waals surface area (Å²) in [5.74, 6) is 0.442. The molecule has 0 aliphatic rings. The highest BCUT2D eigenvalue weighted by Crippen LogP contribution is 2.26. The summed E-state index contributed by atoms with van der Waals surface area (Å²) in [6, 6.07) is 11.9. The smallest absolute Gasteiger partial charge is 0.234 e. The van der Waals surface area contributed by atoms with Gasteiger partial charge in [-0.1, -0.05) is 17.8 Å². The molecule has 0 unspecified atom stereocenters. The van der Waals surface area contributed by atoms with Gasteiger partial charge in [-0.3, -0.25) is 4.79 Å². The van der Waals surface area contributed by atoms with Gasteiger partial charge in [-0.05, 0) is 71.7 Å². The molecule has 1 heterocycles. The fourth-order valence-corrected chi connectivity index (χ4v) is 3.93. The lowest BCUT2D eigenvalue weighted by molar-refractivity contribution is -0.113. The molecule has 0 saturated heterocycles. The Morgan fingerprint density at radius 2 is 1.96 bits per heavy atom. The monoisotopic (exact) mass is 448 g/mol. The summed E-state index contributed by atoms with van der Waals surface area (Å²) in [5, 5.41) is 11.9. The molecule has 0 bridgehead atoms. The Morgan fingerprint density at radius 3 is 2.63 bits per heavy atom. The normalized spacial score (nSPS) is 10.8. The highest BCUT2D eigenvalue weighted by molar-refractivity contribution is 9.10. The standard InChI is InChI=1S/C19H18BrFN4OS/c1-3-25-18(13-5-7-14(21)8-6-13)23-24-19(25)27-11-17(26)22-16-9-4-12(2)10-15(16)20/h4-10H,3,11H2,1-2H3,(H,22,26). The second kappa shape index (κ2) is 8.67. The maximum atomic E-state index is 13.1. The van der Waals surface area contributed by atoms with Crippen molar-refractivity contribution in [1.82, 2.24) is 14.8 Å². The number of carbonyl (C=O) groups excluding carboxylic acids is 1. The number of halogens is 2. The average Bonchev–Trinajstić information content (AvgIpc) is 3.06. The topological polar surface area (TPSA) is 59.8 Å². The van der Waals surface area contributed by atoms with Crippen molar-refractivity contribution in [3.8, 4) is 11.4 Å². The number of aromatic nitrogens is 3. The van der Waals surface area contributed by atoms with Crippen LogP contribution in [0.2, 0.25) is 0 Å². The van der Waals surface area contributed by atoms with Crippen molar-refractivity contribution >= 4 is 39.3 Å². The van der Waals surface area contributed by atoms with Gasteiger partial charge in [0.2, 0.25) is 5.91 Å². The van der Waals surface area contributed by atoms with Crippen LogP contribution in [0.1, 0.15) is 12.5 Å². The van der Waals surface area contributed by atoms with E-state index < -0.39 is 0 Å². The third kappa shape index (κ3) is 4.75. The number of hydrogen-bond donors (Lipinski definition) is 1. The number of nitrogens with one attached hydrogen (secondary N) is 1. The molecule has 1 amide bonds. The first kappa shape index (κ1) is 19.6. The maximum Gasteiger partial charge on any atom is 0.234 e. The summed E-state index contributed by atoms with van der Waals surface area (Å²) in [5.41, 5.74) is 2.62. The Labute approximate surface area is 169 Å². The van der Waals surface area contributed by atoms with E-state index in [2.05, 4.69) is 31.4 Å². The van der Waals surface area contributed by atoms with Gasteiger partial charge in [-0.2, -0.15) is 0 Å². The van der Waals surface area contributed by atoms with Crippen LogP contribution in [0, 0.1) is 12.7 Å². The molecule has 140 valence electrons. The lowest BCUT2D eigenvalue weighted by Crippen LogP contribution is -2.15. The van der Waals surface area contributed by atoms with Gasteiger partial charge >= 0.3 is 0 Å². The van der Waals surface area contributed by atoms with Gasteiger partial charge in [-0.15, -0.1) is 10.2 Å². The van der Waals surface area contributed by atoms with Crippen LogP contribution in [0.15, 0.2) is 52.1 Å². The zero-order valence-electron chi connectivity index (χ0n) is 14.9. The van der Waals surface area contributed by atoms with Gasteiger partial charge < -0.3 is 9.88 Å². The van der Waals surface area contributed by atoms with Crippen molar-refractivity contribution in [3.05, 3.63) is 58.3 Å². The summed E-state index contributed by atoms with van der Waals surface area (Å²) < 4.78 is 15.9. The summed E-state index contributed by atoms with van der Waals surface area (Å²) in [6.45, 7) is 4.61. The number of amides is 1. The lowest BCUT2D eigenvalue weighted by atomic mass is 10.2. The minimum atomic E-state index is -0.296. The minimum Gasteiger partial charge on any atom is -0.324 e. The van der Waals surface area contributed by atoms with Crippen LogP contribution in [0.5, 0.6) is 0 Å². The Balaban J connectivity index is 1.69. The molecule has 0 saturated carbocycles. The molecule has 8 heteroatoms. The second-order valence-corrected chi connectivity index (χ2v) is 7.67. The van der Waals surface area contributed by atoms with Crippen LogP contribution >= 0.6 is 27.7 Å².